The van der Waals surface area contributed by atoms with Crippen LogP contribution in [0.15, 0.2) is 41.2 Å². The molecule has 1 aliphatic rings. The lowest BCUT2D eigenvalue weighted by Crippen LogP contribution is -2.47. The highest BCUT2D eigenvalue weighted by Crippen LogP contribution is 2.25. The van der Waals surface area contributed by atoms with Gasteiger partial charge in [0.15, 0.2) is 0 Å². The van der Waals surface area contributed by atoms with E-state index in [-0.39, 0.29) is 12.0 Å². The minimum absolute atomic E-state index is 0.0395. The van der Waals surface area contributed by atoms with Crippen molar-refractivity contribution in [3.63, 3.8) is 0 Å². The lowest BCUT2D eigenvalue weighted by Gasteiger charge is -2.37. The predicted octanol–water partition coefficient (Wildman–Crippen LogP) is 2.70. The number of ether oxygens (including phenoxy) is 1. The fourth-order valence-electron chi connectivity index (χ4n) is 3.28. The van der Waals surface area contributed by atoms with Crippen LogP contribution in [0.1, 0.15) is 27.9 Å². The van der Waals surface area contributed by atoms with Crippen molar-refractivity contribution < 1.29 is 14.1 Å². The summed E-state index contributed by atoms with van der Waals surface area (Å²) < 4.78 is 10.4. The first-order chi connectivity index (χ1) is 11.2. The van der Waals surface area contributed by atoms with Gasteiger partial charge in [-0.2, -0.15) is 0 Å². The second kappa shape index (κ2) is 6.96. The maximum Gasteiger partial charge on any atom is 0.258 e. The summed E-state index contributed by atoms with van der Waals surface area (Å²) in [5.41, 5.74) is 3.10. The van der Waals surface area contributed by atoms with Crippen LogP contribution < -0.4 is 0 Å². The summed E-state index contributed by atoms with van der Waals surface area (Å²) in [6, 6.07) is 8.59. The van der Waals surface area contributed by atoms with Gasteiger partial charge < -0.3 is 14.2 Å². The number of aryl methyl sites for hydroxylation is 1. The molecule has 1 fully saturated rings. The fourth-order valence-corrected chi connectivity index (χ4v) is 3.28. The van der Waals surface area contributed by atoms with E-state index in [1.54, 1.807) is 7.11 Å². The highest BCUT2D eigenvalue weighted by Gasteiger charge is 2.32. The van der Waals surface area contributed by atoms with E-state index in [2.05, 4.69) is 36.3 Å². The third-order valence-electron chi connectivity index (χ3n) is 4.55. The van der Waals surface area contributed by atoms with Crippen LogP contribution in [0.4, 0.5) is 0 Å². The standard InChI is InChI=1S/C18H22N2O3/c1-13-4-3-5-14(8-13)9-15-6-7-20(11-17(15)22-2)18(21)16-10-19-23-12-16/h3-5,8,10,12,15,17H,6-7,9,11H2,1-2H3/t15-,17-/m1/s1. The number of carbonyl (C=O) groups is 1. The molecular formula is C18H22N2O3. The number of nitrogens with zero attached hydrogens (tertiary/aromatic N) is 2. The molecule has 0 aliphatic carbocycles. The molecule has 5 heteroatoms. The molecule has 2 atom stereocenters. The Balaban J connectivity index is 1.66. The van der Waals surface area contributed by atoms with Crippen molar-refractivity contribution in [1.82, 2.24) is 10.1 Å². The van der Waals surface area contributed by atoms with Crippen molar-refractivity contribution in [3.8, 4) is 0 Å². The van der Waals surface area contributed by atoms with Gasteiger partial charge in [-0.1, -0.05) is 35.0 Å². The van der Waals surface area contributed by atoms with E-state index >= 15 is 0 Å². The first-order valence-corrected chi connectivity index (χ1v) is 7.94. The third kappa shape index (κ3) is 3.62. The normalized spacial score (nSPS) is 21.4. The van der Waals surface area contributed by atoms with E-state index in [9.17, 15) is 4.79 Å². The van der Waals surface area contributed by atoms with Gasteiger partial charge in [0.25, 0.3) is 5.91 Å². The van der Waals surface area contributed by atoms with Gasteiger partial charge in [-0.15, -0.1) is 0 Å². The molecule has 0 spiro atoms. The number of aromatic nitrogens is 1. The molecule has 1 saturated heterocycles. The molecule has 1 amide bonds. The number of methoxy groups -OCH3 is 1. The number of hydrogen-bond donors (Lipinski definition) is 0. The topological polar surface area (TPSA) is 55.6 Å². The average Bonchev–Trinajstić information content (AvgIpc) is 3.09. The number of likely N-dealkylation sites (tertiary alicyclic amines) is 1. The molecule has 2 aromatic rings. The largest absolute Gasteiger partial charge is 0.379 e. The van der Waals surface area contributed by atoms with E-state index < -0.39 is 0 Å². The molecular weight excluding hydrogens is 292 g/mol. The fraction of sp³-hybridized carbons (Fsp3) is 0.444. The molecule has 122 valence electrons. The molecule has 3 rings (SSSR count). The van der Waals surface area contributed by atoms with E-state index in [4.69, 9.17) is 9.26 Å². The van der Waals surface area contributed by atoms with Crippen molar-refractivity contribution in [2.24, 2.45) is 5.92 Å². The van der Waals surface area contributed by atoms with E-state index in [0.717, 1.165) is 19.4 Å². The molecule has 0 N–H and O–H groups in total. The van der Waals surface area contributed by atoms with Crippen LogP contribution in [0.3, 0.4) is 0 Å². The monoisotopic (exact) mass is 314 g/mol. The molecule has 0 unspecified atom stereocenters. The van der Waals surface area contributed by atoms with Gasteiger partial charge in [-0.3, -0.25) is 4.79 Å². The maximum atomic E-state index is 12.4. The lowest BCUT2D eigenvalue weighted by atomic mass is 9.87. The van der Waals surface area contributed by atoms with Gasteiger partial charge in [-0.05, 0) is 31.2 Å². The van der Waals surface area contributed by atoms with Gasteiger partial charge in [0.05, 0.1) is 17.9 Å². The summed E-state index contributed by atoms with van der Waals surface area (Å²) in [6.07, 6.45) is 4.82. The molecule has 0 radical (unpaired) electrons. The highest BCUT2D eigenvalue weighted by atomic mass is 16.5. The molecule has 5 nitrogen and oxygen atoms in total. The Bertz CT molecular complexity index is 654. The van der Waals surface area contributed by atoms with E-state index in [1.165, 1.54) is 23.6 Å². The Morgan fingerprint density at radius 1 is 1.48 bits per heavy atom. The second-order valence-corrected chi connectivity index (χ2v) is 6.18. The number of amides is 1. The van der Waals surface area contributed by atoms with Crippen molar-refractivity contribution in [2.75, 3.05) is 20.2 Å². The minimum Gasteiger partial charge on any atom is -0.379 e. The Labute approximate surface area is 136 Å². The SMILES string of the molecule is CO[C@@H]1CN(C(=O)c2cnoc2)CC[C@@H]1Cc1cccc(C)c1. The third-order valence-corrected chi connectivity index (χ3v) is 4.55. The number of hydrogen-bond acceptors (Lipinski definition) is 4. The van der Waals surface area contributed by atoms with Crippen LogP contribution >= 0.6 is 0 Å². The lowest BCUT2D eigenvalue weighted by molar-refractivity contribution is -0.00699. The number of rotatable bonds is 4. The number of carbonyl (C=O) groups excluding carboxylic acids is 1. The Morgan fingerprint density at radius 3 is 3.04 bits per heavy atom. The maximum absolute atomic E-state index is 12.4. The molecule has 0 saturated carbocycles. The summed E-state index contributed by atoms with van der Waals surface area (Å²) in [7, 11) is 1.72. The summed E-state index contributed by atoms with van der Waals surface area (Å²) in [5, 5.41) is 3.60. The van der Waals surface area contributed by atoms with Crippen LogP contribution in [0.2, 0.25) is 0 Å². The van der Waals surface area contributed by atoms with Gasteiger partial charge in [-0.25, -0.2) is 0 Å². The second-order valence-electron chi connectivity index (χ2n) is 6.18. The zero-order valence-electron chi connectivity index (χ0n) is 13.6. The van der Waals surface area contributed by atoms with Gasteiger partial charge in [0.1, 0.15) is 6.26 Å². The molecule has 0 bridgehead atoms. The van der Waals surface area contributed by atoms with Crippen LogP contribution in [-0.2, 0) is 11.2 Å². The van der Waals surface area contributed by atoms with Crippen LogP contribution in [0.25, 0.3) is 0 Å². The first kappa shape index (κ1) is 15.7. The average molecular weight is 314 g/mol. The first-order valence-electron chi connectivity index (χ1n) is 7.94. The number of piperidine rings is 1. The summed E-state index contributed by atoms with van der Waals surface area (Å²) in [5.74, 6) is 0.385. The van der Waals surface area contributed by atoms with E-state index in [1.807, 2.05) is 4.90 Å². The van der Waals surface area contributed by atoms with Crippen molar-refractivity contribution in [3.05, 3.63) is 53.4 Å². The number of benzene rings is 1. The Morgan fingerprint density at radius 2 is 2.35 bits per heavy atom. The van der Waals surface area contributed by atoms with Crippen LogP contribution in [0.5, 0.6) is 0 Å². The zero-order valence-corrected chi connectivity index (χ0v) is 13.6. The van der Waals surface area contributed by atoms with E-state index in [0.29, 0.717) is 18.0 Å². The molecule has 2 heterocycles. The van der Waals surface area contributed by atoms with Crippen molar-refractivity contribution >= 4 is 5.91 Å². The highest BCUT2D eigenvalue weighted by molar-refractivity contribution is 5.93. The summed E-state index contributed by atoms with van der Waals surface area (Å²) in [4.78, 5) is 14.2. The van der Waals surface area contributed by atoms with Crippen molar-refractivity contribution in [1.29, 1.82) is 0 Å². The quantitative estimate of drug-likeness (QED) is 0.870. The van der Waals surface area contributed by atoms with Gasteiger partial charge in [0, 0.05) is 20.2 Å². The molecule has 1 aliphatic heterocycles. The summed E-state index contributed by atoms with van der Waals surface area (Å²) >= 11 is 0. The Kier molecular flexibility index (Phi) is 4.76. The smallest absolute Gasteiger partial charge is 0.258 e. The molecule has 23 heavy (non-hydrogen) atoms. The predicted molar refractivity (Wildman–Crippen MR) is 86.2 cm³/mol. The summed E-state index contributed by atoms with van der Waals surface area (Å²) in [6.45, 7) is 3.45. The molecule has 1 aromatic heterocycles. The Hall–Kier alpha value is -2.14. The zero-order chi connectivity index (χ0) is 16.2. The van der Waals surface area contributed by atoms with Crippen LogP contribution in [-0.4, -0.2) is 42.3 Å². The van der Waals surface area contributed by atoms with Gasteiger partial charge >= 0.3 is 0 Å². The van der Waals surface area contributed by atoms with Gasteiger partial charge in [0.2, 0.25) is 0 Å². The van der Waals surface area contributed by atoms with Crippen LogP contribution in [0, 0.1) is 12.8 Å². The van der Waals surface area contributed by atoms with Crippen molar-refractivity contribution in [2.45, 2.75) is 25.9 Å². The minimum atomic E-state index is -0.0395. The molecule has 1 aromatic carbocycles.